The molecule has 1 aromatic heterocycles. The summed E-state index contributed by atoms with van der Waals surface area (Å²) in [7, 11) is 1.62. The fraction of sp³-hybridized carbons (Fsp3) is 0.0435. The van der Waals surface area contributed by atoms with E-state index in [0.717, 1.165) is 16.9 Å². The molecule has 0 atom stereocenters. The molecule has 138 valence electrons. The van der Waals surface area contributed by atoms with E-state index in [2.05, 4.69) is 10.3 Å². The molecule has 0 bridgehead atoms. The second-order valence-corrected chi connectivity index (χ2v) is 6.16. The van der Waals surface area contributed by atoms with Crippen LogP contribution in [0.2, 0.25) is 0 Å². The van der Waals surface area contributed by atoms with Crippen LogP contribution in [0.4, 0.5) is 5.69 Å². The number of carbonyl (C=O) groups excluding carboxylic acids is 1. The Hall–Kier alpha value is -3.86. The van der Waals surface area contributed by atoms with E-state index in [-0.39, 0.29) is 5.91 Å². The van der Waals surface area contributed by atoms with Crippen LogP contribution >= 0.6 is 0 Å². The molecular weight excluding hydrogens is 352 g/mol. The number of aromatic nitrogens is 1. The van der Waals surface area contributed by atoms with Crippen molar-refractivity contribution in [1.82, 2.24) is 4.98 Å². The standard InChI is InChI=1S/C23H18N2O3/c1-27-19-11-8-17(9-12-19)23-25-20-15-18(10-13-21(20)28-23)24-22(26)14-7-16-5-3-2-4-6-16/h2-15H,1H3,(H,24,26). The van der Waals surface area contributed by atoms with Gasteiger partial charge in [-0.3, -0.25) is 4.79 Å². The third kappa shape index (κ3) is 3.94. The molecule has 0 unspecified atom stereocenters. The number of nitrogens with one attached hydrogen (secondary N) is 1. The summed E-state index contributed by atoms with van der Waals surface area (Å²) in [6.07, 6.45) is 3.27. The summed E-state index contributed by atoms with van der Waals surface area (Å²) in [6, 6.07) is 22.5. The van der Waals surface area contributed by atoms with Crippen LogP contribution < -0.4 is 10.1 Å². The first kappa shape index (κ1) is 17.5. The predicted octanol–water partition coefficient (Wildman–Crippen LogP) is 5.16. The van der Waals surface area contributed by atoms with Crippen molar-refractivity contribution in [3.05, 3.63) is 84.4 Å². The van der Waals surface area contributed by atoms with Crippen LogP contribution in [0.15, 0.2) is 83.3 Å². The van der Waals surface area contributed by atoms with Gasteiger partial charge in [-0.05, 0) is 54.1 Å². The molecule has 0 aliphatic heterocycles. The number of hydrogen-bond donors (Lipinski definition) is 1. The quantitative estimate of drug-likeness (QED) is 0.493. The van der Waals surface area contributed by atoms with E-state index in [1.54, 1.807) is 31.4 Å². The van der Waals surface area contributed by atoms with Gasteiger partial charge >= 0.3 is 0 Å². The van der Waals surface area contributed by atoms with Gasteiger partial charge in [-0.1, -0.05) is 30.3 Å². The highest BCUT2D eigenvalue weighted by molar-refractivity contribution is 6.02. The van der Waals surface area contributed by atoms with Crippen LogP contribution in [0.1, 0.15) is 5.56 Å². The topological polar surface area (TPSA) is 64.4 Å². The lowest BCUT2D eigenvalue weighted by atomic mass is 10.2. The summed E-state index contributed by atoms with van der Waals surface area (Å²) >= 11 is 0. The zero-order valence-corrected chi connectivity index (χ0v) is 15.3. The Balaban J connectivity index is 1.51. The minimum Gasteiger partial charge on any atom is -0.497 e. The Bertz CT molecular complexity index is 1130. The molecule has 0 fully saturated rings. The van der Waals surface area contributed by atoms with Gasteiger partial charge in [0.05, 0.1) is 7.11 Å². The number of benzene rings is 3. The van der Waals surface area contributed by atoms with Crippen molar-refractivity contribution in [2.75, 3.05) is 12.4 Å². The van der Waals surface area contributed by atoms with Crippen molar-refractivity contribution < 1.29 is 13.9 Å². The monoisotopic (exact) mass is 370 g/mol. The summed E-state index contributed by atoms with van der Waals surface area (Å²) in [5.74, 6) is 1.08. The lowest BCUT2D eigenvalue weighted by Crippen LogP contribution is -2.07. The molecule has 1 N–H and O–H groups in total. The zero-order valence-electron chi connectivity index (χ0n) is 15.3. The largest absolute Gasteiger partial charge is 0.497 e. The number of carbonyl (C=O) groups is 1. The molecule has 4 rings (SSSR count). The molecule has 0 radical (unpaired) electrons. The maximum atomic E-state index is 12.2. The summed E-state index contributed by atoms with van der Waals surface area (Å²) in [5.41, 5.74) is 3.81. The maximum absolute atomic E-state index is 12.2. The summed E-state index contributed by atoms with van der Waals surface area (Å²) in [4.78, 5) is 16.7. The SMILES string of the molecule is COc1ccc(-c2nc3cc(NC(=O)C=Cc4ccccc4)ccc3o2)cc1. The Morgan fingerprint density at radius 1 is 1.04 bits per heavy atom. The second kappa shape index (κ2) is 7.80. The van der Waals surface area contributed by atoms with E-state index in [1.807, 2.05) is 54.6 Å². The van der Waals surface area contributed by atoms with Crippen LogP contribution in [0.5, 0.6) is 5.75 Å². The van der Waals surface area contributed by atoms with Gasteiger partial charge in [-0.25, -0.2) is 4.98 Å². The molecule has 0 aliphatic carbocycles. The van der Waals surface area contributed by atoms with E-state index in [0.29, 0.717) is 22.7 Å². The third-order valence-electron chi connectivity index (χ3n) is 4.22. The predicted molar refractivity (Wildman–Crippen MR) is 110 cm³/mol. The highest BCUT2D eigenvalue weighted by atomic mass is 16.5. The van der Waals surface area contributed by atoms with E-state index in [4.69, 9.17) is 9.15 Å². The van der Waals surface area contributed by atoms with Crippen molar-refractivity contribution in [2.24, 2.45) is 0 Å². The lowest BCUT2D eigenvalue weighted by Gasteiger charge is -2.01. The van der Waals surface area contributed by atoms with E-state index < -0.39 is 0 Å². The fourth-order valence-electron chi connectivity index (χ4n) is 2.78. The summed E-state index contributed by atoms with van der Waals surface area (Å²) in [6.45, 7) is 0. The number of oxazole rings is 1. The Morgan fingerprint density at radius 2 is 1.82 bits per heavy atom. The molecular formula is C23H18N2O3. The molecule has 5 nitrogen and oxygen atoms in total. The summed E-state index contributed by atoms with van der Waals surface area (Å²) < 4.78 is 11.0. The molecule has 3 aromatic carbocycles. The van der Waals surface area contributed by atoms with Crippen LogP contribution in [-0.4, -0.2) is 18.0 Å². The Morgan fingerprint density at radius 3 is 2.57 bits per heavy atom. The Kier molecular flexibility index (Phi) is 4.89. The fourth-order valence-corrected chi connectivity index (χ4v) is 2.78. The number of methoxy groups -OCH3 is 1. The number of fused-ring (bicyclic) bond motifs is 1. The number of ether oxygens (including phenoxy) is 1. The van der Waals surface area contributed by atoms with Crippen LogP contribution in [0.3, 0.4) is 0 Å². The highest BCUT2D eigenvalue weighted by Gasteiger charge is 2.09. The average Bonchev–Trinajstić information content (AvgIpc) is 3.16. The molecule has 0 saturated carbocycles. The first-order valence-corrected chi connectivity index (χ1v) is 8.80. The third-order valence-corrected chi connectivity index (χ3v) is 4.22. The molecule has 0 spiro atoms. The van der Waals surface area contributed by atoms with Crippen molar-refractivity contribution in [3.8, 4) is 17.2 Å². The van der Waals surface area contributed by atoms with Gasteiger partial charge in [0.2, 0.25) is 11.8 Å². The molecule has 0 aliphatic rings. The second-order valence-electron chi connectivity index (χ2n) is 6.16. The van der Waals surface area contributed by atoms with E-state index >= 15 is 0 Å². The zero-order chi connectivity index (χ0) is 19.3. The van der Waals surface area contributed by atoms with Gasteiger partial charge in [0.15, 0.2) is 5.58 Å². The first-order valence-electron chi connectivity index (χ1n) is 8.80. The van der Waals surface area contributed by atoms with Gasteiger partial charge in [-0.2, -0.15) is 0 Å². The van der Waals surface area contributed by atoms with Crippen LogP contribution in [0, 0.1) is 0 Å². The van der Waals surface area contributed by atoms with Gasteiger partial charge in [-0.15, -0.1) is 0 Å². The van der Waals surface area contributed by atoms with Crippen LogP contribution in [-0.2, 0) is 4.79 Å². The average molecular weight is 370 g/mol. The van der Waals surface area contributed by atoms with Crippen molar-refractivity contribution in [1.29, 1.82) is 0 Å². The maximum Gasteiger partial charge on any atom is 0.248 e. The minimum absolute atomic E-state index is 0.206. The smallest absolute Gasteiger partial charge is 0.248 e. The number of nitrogens with zero attached hydrogens (tertiary/aromatic N) is 1. The number of anilines is 1. The molecule has 28 heavy (non-hydrogen) atoms. The van der Waals surface area contributed by atoms with Crippen molar-refractivity contribution in [2.45, 2.75) is 0 Å². The summed E-state index contributed by atoms with van der Waals surface area (Å²) in [5, 5.41) is 2.84. The molecule has 1 heterocycles. The normalized spacial score (nSPS) is 11.0. The number of hydrogen-bond acceptors (Lipinski definition) is 4. The van der Waals surface area contributed by atoms with Gasteiger partial charge < -0.3 is 14.5 Å². The lowest BCUT2D eigenvalue weighted by molar-refractivity contribution is -0.111. The minimum atomic E-state index is -0.206. The first-order chi connectivity index (χ1) is 13.7. The van der Waals surface area contributed by atoms with Gasteiger partial charge in [0.1, 0.15) is 11.3 Å². The van der Waals surface area contributed by atoms with E-state index in [9.17, 15) is 4.79 Å². The number of amides is 1. The van der Waals surface area contributed by atoms with Gasteiger partial charge in [0, 0.05) is 17.3 Å². The molecule has 5 heteroatoms. The van der Waals surface area contributed by atoms with Crippen LogP contribution in [0.25, 0.3) is 28.6 Å². The van der Waals surface area contributed by atoms with E-state index in [1.165, 1.54) is 6.08 Å². The number of rotatable bonds is 5. The molecule has 0 saturated heterocycles. The molecule has 1 amide bonds. The van der Waals surface area contributed by atoms with Gasteiger partial charge in [0.25, 0.3) is 0 Å². The highest BCUT2D eigenvalue weighted by Crippen LogP contribution is 2.27. The van der Waals surface area contributed by atoms with Crippen molar-refractivity contribution in [3.63, 3.8) is 0 Å². The Labute approximate surface area is 162 Å². The molecule has 4 aromatic rings. The van der Waals surface area contributed by atoms with Crippen molar-refractivity contribution >= 4 is 28.8 Å².